The Labute approximate surface area is 122 Å². The number of esters is 1. The summed E-state index contributed by atoms with van der Waals surface area (Å²) in [5, 5.41) is 27.0. The van der Waals surface area contributed by atoms with Crippen molar-refractivity contribution >= 4 is 17.9 Å². The topological polar surface area (TPSA) is 121 Å². The average molecular weight is 304 g/mol. The van der Waals surface area contributed by atoms with Crippen LogP contribution in [0.1, 0.15) is 13.3 Å². The highest BCUT2D eigenvalue weighted by molar-refractivity contribution is 5.85. The van der Waals surface area contributed by atoms with Crippen LogP contribution in [0.25, 0.3) is 0 Å². The molecule has 0 aliphatic carbocycles. The van der Waals surface area contributed by atoms with E-state index in [1.807, 2.05) is 0 Å². The van der Waals surface area contributed by atoms with Crippen molar-refractivity contribution in [3.63, 3.8) is 0 Å². The first-order chi connectivity index (χ1) is 9.42. The predicted octanol–water partition coefficient (Wildman–Crippen LogP) is -0.529. The molecule has 0 rings (SSSR count). The lowest BCUT2D eigenvalue weighted by Gasteiger charge is -2.28. The SMILES string of the molecule is C/C(=C\C(=O)O)C(O)C(=O)OC(CC(=O)O)C[N+](C)(C)C. The van der Waals surface area contributed by atoms with Gasteiger partial charge >= 0.3 is 17.9 Å². The van der Waals surface area contributed by atoms with Crippen molar-refractivity contribution in [3.8, 4) is 0 Å². The minimum atomic E-state index is -1.73. The molecule has 0 aromatic carbocycles. The Morgan fingerprint density at radius 3 is 2.10 bits per heavy atom. The molecule has 0 amide bonds. The Balaban J connectivity index is 4.87. The summed E-state index contributed by atoms with van der Waals surface area (Å²) in [4.78, 5) is 33.0. The molecule has 0 spiro atoms. The number of hydrogen-bond donors (Lipinski definition) is 3. The summed E-state index contributed by atoms with van der Waals surface area (Å²) in [5.41, 5.74) is -0.0909. The fourth-order valence-electron chi connectivity index (χ4n) is 1.64. The van der Waals surface area contributed by atoms with E-state index in [2.05, 4.69) is 0 Å². The van der Waals surface area contributed by atoms with Crippen molar-refractivity contribution in [2.75, 3.05) is 27.7 Å². The molecular weight excluding hydrogens is 282 g/mol. The molecule has 120 valence electrons. The maximum absolute atomic E-state index is 11.7. The quantitative estimate of drug-likeness (QED) is 0.313. The van der Waals surface area contributed by atoms with Crippen molar-refractivity contribution in [2.45, 2.75) is 25.6 Å². The molecule has 0 heterocycles. The maximum atomic E-state index is 11.7. The third-order valence-corrected chi connectivity index (χ3v) is 2.44. The van der Waals surface area contributed by atoms with Crippen LogP contribution in [0.5, 0.6) is 0 Å². The number of hydrogen-bond acceptors (Lipinski definition) is 5. The number of aliphatic hydroxyl groups excluding tert-OH is 1. The summed E-state index contributed by atoms with van der Waals surface area (Å²) in [5.74, 6) is -3.49. The van der Waals surface area contributed by atoms with Gasteiger partial charge in [0, 0.05) is 6.08 Å². The van der Waals surface area contributed by atoms with Crippen molar-refractivity contribution in [2.24, 2.45) is 0 Å². The molecule has 0 aromatic rings. The Morgan fingerprint density at radius 2 is 1.71 bits per heavy atom. The maximum Gasteiger partial charge on any atom is 0.339 e. The molecular formula is C13H22NO7+. The Morgan fingerprint density at radius 1 is 1.19 bits per heavy atom. The standard InChI is InChI=1S/C13H21NO7/c1-8(5-10(15)16)12(19)13(20)21-9(6-11(17)18)7-14(2,3)4/h5,9,12,19H,6-7H2,1-4H3,(H-,15,16,17,18)/p+1/b8-5+. The first-order valence-electron chi connectivity index (χ1n) is 6.24. The van der Waals surface area contributed by atoms with Crippen molar-refractivity contribution in [3.05, 3.63) is 11.6 Å². The fourth-order valence-corrected chi connectivity index (χ4v) is 1.64. The zero-order valence-electron chi connectivity index (χ0n) is 12.6. The molecule has 0 aliphatic heterocycles. The normalized spacial score (nSPS) is 15.2. The number of aliphatic carboxylic acids is 2. The second-order valence-corrected chi connectivity index (χ2v) is 5.76. The van der Waals surface area contributed by atoms with E-state index >= 15 is 0 Å². The van der Waals surface area contributed by atoms with E-state index in [4.69, 9.17) is 14.9 Å². The largest absolute Gasteiger partial charge is 0.481 e. The first-order valence-corrected chi connectivity index (χ1v) is 6.24. The molecule has 2 atom stereocenters. The minimum Gasteiger partial charge on any atom is -0.481 e. The predicted molar refractivity (Wildman–Crippen MR) is 72.4 cm³/mol. The van der Waals surface area contributed by atoms with E-state index in [0.717, 1.165) is 0 Å². The number of quaternary nitrogens is 1. The van der Waals surface area contributed by atoms with Crippen LogP contribution in [0.3, 0.4) is 0 Å². The third kappa shape index (κ3) is 8.77. The van der Waals surface area contributed by atoms with Crippen LogP contribution in [0.15, 0.2) is 11.6 Å². The monoisotopic (exact) mass is 304 g/mol. The molecule has 0 saturated heterocycles. The number of likely N-dealkylation sites (N-methyl/N-ethyl adjacent to an activating group) is 1. The van der Waals surface area contributed by atoms with Gasteiger partial charge in [-0.25, -0.2) is 9.59 Å². The molecule has 21 heavy (non-hydrogen) atoms. The fraction of sp³-hybridized carbons (Fsp3) is 0.615. The Kier molecular flexibility index (Phi) is 7.04. The van der Waals surface area contributed by atoms with Gasteiger partial charge in [0.05, 0.1) is 27.6 Å². The highest BCUT2D eigenvalue weighted by Gasteiger charge is 2.28. The van der Waals surface area contributed by atoms with Crippen LogP contribution in [-0.4, -0.2) is 77.6 Å². The second-order valence-electron chi connectivity index (χ2n) is 5.76. The summed E-state index contributed by atoms with van der Waals surface area (Å²) in [6.45, 7) is 1.51. The molecule has 2 unspecified atom stereocenters. The van der Waals surface area contributed by atoms with Gasteiger partial charge in [-0.3, -0.25) is 4.79 Å². The number of ether oxygens (including phenoxy) is 1. The van der Waals surface area contributed by atoms with Crippen LogP contribution >= 0.6 is 0 Å². The number of carboxylic acids is 2. The van der Waals surface area contributed by atoms with Gasteiger partial charge in [-0.05, 0) is 12.5 Å². The van der Waals surface area contributed by atoms with Crippen LogP contribution in [0, 0.1) is 0 Å². The number of aliphatic hydroxyl groups is 1. The summed E-state index contributed by atoms with van der Waals surface area (Å²) in [7, 11) is 5.40. The number of carbonyl (C=O) groups excluding carboxylic acids is 1. The van der Waals surface area contributed by atoms with Crippen molar-refractivity contribution in [1.29, 1.82) is 0 Å². The Hall–Kier alpha value is -1.93. The van der Waals surface area contributed by atoms with Crippen LogP contribution in [-0.2, 0) is 19.1 Å². The van der Waals surface area contributed by atoms with Crippen LogP contribution in [0.4, 0.5) is 0 Å². The van der Waals surface area contributed by atoms with Gasteiger partial charge in [0.15, 0.2) is 12.2 Å². The van der Waals surface area contributed by atoms with E-state index in [1.165, 1.54) is 6.92 Å². The summed E-state index contributed by atoms with van der Waals surface area (Å²) >= 11 is 0. The van der Waals surface area contributed by atoms with Gasteiger partial charge in [-0.1, -0.05) is 0 Å². The van der Waals surface area contributed by atoms with E-state index in [1.54, 1.807) is 21.1 Å². The average Bonchev–Trinajstić information content (AvgIpc) is 2.23. The highest BCUT2D eigenvalue weighted by Crippen LogP contribution is 2.10. The number of rotatable bonds is 8. The van der Waals surface area contributed by atoms with E-state index in [-0.39, 0.29) is 12.1 Å². The number of nitrogens with zero attached hydrogens (tertiary/aromatic N) is 1. The van der Waals surface area contributed by atoms with Crippen molar-refractivity contribution < 1.29 is 38.9 Å². The molecule has 0 aliphatic rings. The first kappa shape index (κ1) is 19.1. The summed E-state index contributed by atoms with van der Waals surface area (Å²) in [6.07, 6.45) is -2.35. The second kappa shape index (κ2) is 7.75. The van der Waals surface area contributed by atoms with Crippen molar-refractivity contribution in [1.82, 2.24) is 0 Å². The van der Waals surface area contributed by atoms with Gasteiger partial charge in [-0.15, -0.1) is 0 Å². The molecule has 8 heteroatoms. The number of carboxylic acid groups (broad SMARTS) is 2. The third-order valence-electron chi connectivity index (χ3n) is 2.44. The number of carbonyl (C=O) groups is 3. The van der Waals surface area contributed by atoms with Gasteiger partial charge < -0.3 is 24.5 Å². The van der Waals surface area contributed by atoms with E-state index in [0.29, 0.717) is 10.6 Å². The molecule has 3 N–H and O–H groups in total. The van der Waals surface area contributed by atoms with Crippen LogP contribution in [0.2, 0.25) is 0 Å². The minimum absolute atomic E-state index is 0.0909. The van der Waals surface area contributed by atoms with Gasteiger partial charge in [0.25, 0.3) is 0 Å². The van der Waals surface area contributed by atoms with Crippen LogP contribution < -0.4 is 0 Å². The van der Waals surface area contributed by atoms with Gasteiger partial charge in [0.1, 0.15) is 6.54 Å². The highest BCUT2D eigenvalue weighted by atomic mass is 16.6. The lowest BCUT2D eigenvalue weighted by atomic mass is 10.1. The lowest BCUT2D eigenvalue weighted by molar-refractivity contribution is -0.873. The van der Waals surface area contributed by atoms with Gasteiger partial charge in [0.2, 0.25) is 0 Å². The molecule has 8 nitrogen and oxygen atoms in total. The zero-order chi connectivity index (χ0) is 16.8. The van der Waals surface area contributed by atoms with Gasteiger partial charge in [-0.2, -0.15) is 0 Å². The van der Waals surface area contributed by atoms with E-state index in [9.17, 15) is 19.5 Å². The van der Waals surface area contributed by atoms with E-state index < -0.39 is 36.5 Å². The Bertz CT molecular complexity index is 436. The lowest BCUT2D eigenvalue weighted by Crippen LogP contribution is -2.44. The molecule has 0 radical (unpaired) electrons. The summed E-state index contributed by atoms with van der Waals surface area (Å²) < 4.78 is 5.35. The molecule has 0 fully saturated rings. The smallest absolute Gasteiger partial charge is 0.339 e. The zero-order valence-corrected chi connectivity index (χ0v) is 12.6. The summed E-state index contributed by atoms with van der Waals surface area (Å²) in [6, 6.07) is 0. The molecule has 0 aromatic heterocycles. The molecule has 0 bridgehead atoms. The molecule has 0 saturated carbocycles.